The van der Waals surface area contributed by atoms with Crippen molar-refractivity contribution in [2.24, 2.45) is 11.7 Å². The Balaban J connectivity index is 2.77. The van der Waals surface area contributed by atoms with E-state index in [-0.39, 0.29) is 11.8 Å². The molecule has 19 heavy (non-hydrogen) atoms. The highest BCUT2D eigenvalue weighted by molar-refractivity contribution is 5.78. The molecular weight excluding hydrogens is 238 g/mol. The van der Waals surface area contributed by atoms with E-state index in [4.69, 9.17) is 11.0 Å². The maximum absolute atomic E-state index is 12.2. The summed E-state index contributed by atoms with van der Waals surface area (Å²) in [5, 5.41) is 8.76. The second-order valence-electron chi connectivity index (χ2n) is 4.71. The van der Waals surface area contributed by atoms with Crippen LogP contribution in [-0.4, -0.2) is 23.9 Å². The third-order valence-electron chi connectivity index (χ3n) is 3.04. The lowest BCUT2D eigenvalue weighted by atomic mass is 10.1. The summed E-state index contributed by atoms with van der Waals surface area (Å²) in [6.45, 7) is 5.56. The summed E-state index contributed by atoms with van der Waals surface area (Å²) in [6, 6.07) is 9.41. The van der Waals surface area contributed by atoms with Gasteiger partial charge in [-0.25, -0.2) is 0 Å². The van der Waals surface area contributed by atoms with Crippen LogP contribution in [0.3, 0.4) is 0 Å². The number of nitriles is 1. The Hall–Kier alpha value is -1.86. The standard InChI is InChI=1S/C15H21N3O/c1-3-8-18(15(19)12(2)9-16)11-14-6-4-13(10-17)5-7-14/h4-7,12H,3,8-9,11,16H2,1-2H3. The van der Waals surface area contributed by atoms with E-state index in [1.807, 2.05) is 30.9 Å². The first-order chi connectivity index (χ1) is 9.12. The van der Waals surface area contributed by atoms with Crippen molar-refractivity contribution in [1.82, 2.24) is 4.90 Å². The lowest BCUT2D eigenvalue weighted by Crippen LogP contribution is -2.38. The highest BCUT2D eigenvalue weighted by atomic mass is 16.2. The molecule has 0 bridgehead atoms. The molecule has 0 saturated heterocycles. The molecule has 2 N–H and O–H groups in total. The van der Waals surface area contributed by atoms with Crippen molar-refractivity contribution < 1.29 is 4.79 Å². The Bertz CT molecular complexity index is 447. The fourth-order valence-corrected chi connectivity index (χ4v) is 1.85. The van der Waals surface area contributed by atoms with Crippen molar-refractivity contribution >= 4 is 5.91 Å². The summed E-state index contributed by atoms with van der Waals surface area (Å²) < 4.78 is 0. The molecule has 0 aliphatic carbocycles. The summed E-state index contributed by atoms with van der Waals surface area (Å²) in [6.07, 6.45) is 0.916. The molecule has 0 fully saturated rings. The monoisotopic (exact) mass is 259 g/mol. The maximum atomic E-state index is 12.2. The highest BCUT2D eigenvalue weighted by Gasteiger charge is 2.18. The molecule has 0 aliphatic heterocycles. The Labute approximate surface area is 114 Å². The van der Waals surface area contributed by atoms with Gasteiger partial charge < -0.3 is 10.6 Å². The molecule has 4 heteroatoms. The lowest BCUT2D eigenvalue weighted by molar-refractivity contribution is -0.135. The minimum Gasteiger partial charge on any atom is -0.338 e. The number of carbonyl (C=O) groups excluding carboxylic acids is 1. The zero-order chi connectivity index (χ0) is 14.3. The molecule has 1 rings (SSSR count). The zero-order valence-electron chi connectivity index (χ0n) is 11.6. The molecular formula is C15H21N3O. The number of nitrogens with two attached hydrogens (primary N) is 1. The molecule has 0 heterocycles. The van der Waals surface area contributed by atoms with Crippen molar-refractivity contribution in [1.29, 1.82) is 5.26 Å². The van der Waals surface area contributed by atoms with Crippen molar-refractivity contribution in [3.8, 4) is 6.07 Å². The van der Waals surface area contributed by atoms with Crippen molar-refractivity contribution in [3.05, 3.63) is 35.4 Å². The Morgan fingerprint density at radius 2 is 2.05 bits per heavy atom. The number of hydrogen-bond donors (Lipinski definition) is 1. The van der Waals surface area contributed by atoms with Crippen LogP contribution in [0.4, 0.5) is 0 Å². The van der Waals surface area contributed by atoms with Gasteiger partial charge in [-0.3, -0.25) is 4.79 Å². The van der Waals surface area contributed by atoms with Gasteiger partial charge in [0.05, 0.1) is 11.6 Å². The molecule has 0 aromatic heterocycles. The highest BCUT2D eigenvalue weighted by Crippen LogP contribution is 2.10. The number of benzene rings is 1. The van der Waals surface area contributed by atoms with Gasteiger partial charge in [-0.05, 0) is 24.1 Å². The third kappa shape index (κ3) is 4.38. The molecule has 102 valence electrons. The first-order valence-corrected chi connectivity index (χ1v) is 6.60. The van der Waals surface area contributed by atoms with Crippen LogP contribution in [0.25, 0.3) is 0 Å². The summed E-state index contributed by atoms with van der Waals surface area (Å²) in [4.78, 5) is 14.0. The van der Waals surface area contributed by atoms with Crippen LogP contribution in [-0.2, 0) is 11.3 Å². The number of hydrogen-bond acceptors (Lipinski definition) is 3. The van der Waals surface area contributed by atoms with Crippen molar-refractivity contribution in [3.63, 3.8) is 0 Å². The summed E-state index contributed by atoms with van der Waals surface area (Å²) >= 11 is 0. The van der Waals surface area contributed by atoms with Crippen LogP contribution in [0.1, 0.15) is 31.4 Å². The third-order valence-corrected chi connectivity index (χ3v) is 3.04. The Morgan fingerprint density at radius 1 is 1.42 bits per heavy atom. The predicted octanol–water partition coefficient (Wildman–Crippen LogP) is 1.89. The lowest BCUT2D eigenvalue weighted by Gasteiger charge is -2.25. The molecule has 0 saturated carbocycles. The molecule has 0 radical (unpaired) electrons. The molecule has 1 aromatic carbocycles. The van der Waals surface area contributed by atoms with Gasteiger partial charge in [-0.2, -0.15) is 5.26 Å². The fourth-order valence-electron chi connectivity index (χ4n) is 1.85. The smallest absolute Gasteiger partial charge is 0.226 e. The average molecular weight is 259 g/mol. The average Bonchev–Trinajstić information content (AvgIpc) is 2.46. The van der Waals surface area contributed by atoms with Gasteiger partial charge in [0.15, 0.2) is 0 Å². The van der Waals surface area contributed by atoms with E-state index < -0.39 is 0 Å². The van der Waals surface area contributed by atoms with Crippen LogP contribution in [0.5, 0.6) is 0 Å². The van der Waals surface area contributed by atoms with Crippen LogP contribution in [0.15, 0.2) is 24.3 Å². The first-order valence-electron chi connectivity index (χ1n) is 6.60. The fraction of sp³-hybridized carbons (Fsp3) is 0.467. The van der Waals surface area contributed by atoms with Crippen molar-refractivity contribution in [2.75, 3.05) is 13.1 Å². The zero-order valence-corrected chi connectivity index (χ0v) is 11.6. The normalized spacial score (nSPS) is 11.7. The number of amides is 1. The molecule has 1 atom stereocenters. The summed E-state index contributed by atoms with van der Waals surface area (Å²) in [5.74, 6) is -0.0568. The van der Waals surface area contributed by atoms with Crippen LogP contribution >= 0.6 is 0 Å². The summed E-state index contributed by atoms with van der Waals surface area (Å²) in [5.41, 5.74) is 7.22. The predicted molar refractivity (Wildman–Crippen MR) is 75.1 cm³/mol. The summed E-state index contributed by atoms with van der Waals surface area (Å²) in [7, 11) is 0. The minimum absolute atomic E-state index is 0.0914. The largest absolute Gasteiger partial charge is 0.338 e. The van der Waals surface area contributed by atoms with Gasteiger partial charge in [-0.1, -0.05) is 26.0 Å². The molecule has 4 nitrogen and oxygen atoms in total. The Morgan fingerprint density at radius 3 is 2.53 bits per heavy atom. The molecule has 0 spiro atoms. The number of carbonyl (C=O) groups is 1. The van der Waals surface area contributed by atoms with Crippen LogP contribution < -0.4 is 5.73 Å². The topological polar surface area (TPSA) is 70.1 Å². The molecule has 1 unspecified atom stereocenters. The van der Waals surface area contributed by atoms with Gasteiger partial charge in [0, 0.05) is 25.6 Å². The maximum Gasteiger partial charge on any atom is 0.226 e. The van der Waals surface area contributed by atoms with E-state index in [9.17, 15) is 4.79 Å². The van der Waals surface area contributed by atoms with Crippen LogP contribution in [0, 0.1) is 17.2 Å². The van der Waals surface area contributed by atoms with Gasteiger partial charge in [0.25, 0.3) is 0 Å². The van der Waals surface area contributed by atoms with E-state index in [2.05, 4.69) is 6.07 Å². The molecule has 0 aliphatic rings. The number of nitrogens with zero attached hydrogens (tertiary/aromatic N) is 2. The second-order valence-corrected chi connectivity index (χ2v) is 4.71. The SMILES string of the molecule is CCCN(Cc1ccc(C#N)cc1)C(=O)C(C)CN. The van der Waals surface area contributed by atoms with E-state index in [0.29, 0.717) is 18.7 Å². The second kappa shape index (κ2) is 7.55. The molecule has 1 aromatic rings. The first kappa shape index (κ1) is 15.2. The van der Waals surface area contributed by atoms with Crippen LogP contribution in [0.2, 0.25) is 0 Å². The van der Waals surface area contributed by atoms with E-state index >= 15 is 0 Å². The molecule has 1 amide bonds. The van der Waals surface area contributed by atoms with Gasteiger partial charge in [-0.15, -0.1) is 0 Å². The van der Waals surface area contributed by atoms with E-state index in [1.165, 1.54) is 0 Å². The van der Waals surface area contributed by atoms with Gasteiger partial charge in [0.1, 0.15) is 0 Å². The van der Waals surface area contributed by atoms with E-state index in [0.717, 1.165) is 18.5 Å². The Kier molecular flexibility index (Phi) is 6.04. The van der Waals surface area contributed by atoms with Gasteiger partial charge >= 0.3 is 0 Å². The van der Waals surface area contributed by atoms with Gasteiger partial charge in [0.2, 0.25) is 5.91 Å². The van der Waals surface area contributed by atoms with Crippen molar-refractivity contribution in [2.45, 2.75) is 26.8 Å². The minimum atomic E-state index is -0.148. The number of rotatable bonds is 6. The quantitative estimate of drug-likeness (QED) is 0.848. The van der Waals surface area contributed by atoms with E-state index in [1.54, 1.807) is 12.1 Å².